The number of aromatic nitrogens is 1. The first-order chi connectivity index (χ1) is 12.6. The second-order valence-corrected chi connectivity index (χ2v) is 6.70. The summed E-state index contributed by atoms with van der Waals surface area (Å²) in [6.07, 6.45) is 1.30. The van der Waals surface area contributed by atoms with Crippen molar-refractivity contribution in [2.75, 3.05) is 18.0 Å². The molecule has 0 N–H and O–H groups in total. The van der Waals surface area contributed by atoms with E-state index in [2.05, 4.69) is 35.0 Å². The largest absolute Gasteiger partial charge is 0.353 e. The summed E-state index contributed by atoms with van der Waals surface area (Å²) in [5.74, 6) is 0.856. The number of aryl methyl sites for hydroxylation is 1. The van der Waals surface area contributed by atoms with Gasteiger partial charge in [0.15, 0.2) is 0 Å². The predicted molar refractivity (Wildman–Crippen MR) is 102 cm³/mol. The highest BCUT2D eigenvalue weighted by atomic mass is 16.2. The zero-order chi connectivity index (χ0) is 18.5. The Balaban J connectivity index is 1.87. The van der Waals surface area contributed by atoms with Crippen molar-refractivity contribution >= 4 is 11.7 Å². The van der Waals surface area contributed by atoms with Crippen molar-refractivity contribution in [1.29, 1.82) is 5.26 Å². The van der Waals surface area contributed by atoms with E-state index in [1.807, 2.05) is 42.2 Å². The monoisotopic (exact) mass is 348 g/mol. The Hall–Kier alpha value is -2.87. The summed E-state index contributed by atoms with van der Waals surface area (Å²) >= 11 is 0. The number of nitrogens with zero attached hydrogens (tertiary/aromatic N) is 4. The Labute approximate surface area is 154 Å². The quantitative estimate of drug-likeness (QED) is 0.851. The average Bonchev–Trinajstić information content (AvgIpc) is 2.82. The third kappa shape index (κ3) is 3.85. The summed E-state index contributed by atoms with van der Waals surface area (Å²) in [6.45, 7) is 5.94. The van der Waals surface area contributed by atoms with Gasteiger partial charge < -0.3 is 9.80 Å². The first-order valence-corrected chi connectivity index (χ1v) is 9.08. The van der Waals surface area contributed by atoms with Gasteiger partial charge in [0, 0.05) is 37.8 Å². The van der Waals surface area contributed by atoms with Crippen LogP contribution in [-0.2, 0) is 11.3 Å². The molecule has 5 nitrogen and oxygen atoms in total. The van der Waals surface area contributed by atoms with Crippen molar-refractivity contribution in [3.05, 3.63) is 59.3 Å². The molecule has 26 heavy (non-hydrogen) atoms. The zero-order valence-electron chi connectivity index (χ0n) is 15.4. The molecule has 134 valence electrons. The number of pyridine rings is 1. The fourth-order valence-corrected chi connectivity index (χ4v) is 3.43. The minimum absolute atomic E-state index is 0.0964. The van der Waals surface area contributed by atoms with Gasteiger partial charge in [-0.3, -0.25) is 4.79 Å². The lowest BCUT2D eigenvalue weighted by Crippen LogP contribution is -2.42. The van der Waals surface area contributed by atoms with Crippen LogP contribution in [0.4, 0.5) is 5.82 Å². The van der Waals surface area contributed by atoms with E-state index in [0.717, 1.165) is 17.7 Å². The van der Waals surface area contributed by atoms with E-state index in [4.69, 9.17) is 0 Å². The molecule has 0 aliphatic carbocycles. The van der Waals surface area contributed by atoms with Crippen molar-refractivity contribution in [3.8, 4) is 6.07 Å². The van der Waals surface area contributed by atoms with E-state index in [-0.39, 0.29) is 11.9 Å². The van der Waals surface area contributed by atoms with Crippen LogP contribution in [0.3, 0.4) is 0 Å². The van der Waals surface area contributed by atoms with Gasteiger partial charge in [-0.2, -0.15) is 5.26 Å². The fourth-order valence-electron chi connectivity index (χ4n) is 3.43. The molecule has 0 bridgehead atoms. The number of anilines is 1. The molecule has 0 unspecified atom stereocenters. The lowest BCUT2D eigenvalue weighted by molar-refractivity contribution is -0.133. The molecule has 1 aliphatic heterocycles. The minimum Gasteiger partial charge on any atom is -0.353 e. The standard InChI is InChI=1S/C21H24N4O/c1-3-19-15-24(21-18(13-22)10-9-16(2)23-21)12-11-20(26)25(19)14-17-7-5-4-6-8-17/h4-10,19H,3,11-12,14-15H2,1-2H3/t19-/m1/s1. The molecule has 1 aromatic heterocycles. The number of benzene rings is 1. The SMILES string of the molecule is CC[C@@H]1CN(c2nc(C)ccc2C#N)CCC(=O)N1Cc1ccccc1. The van der Waals surface area contributed by atoms with Crippen LogP contribution < -0.4 is 4.90 Å². The Morgan fingerprint density at radius 1 is 1.23 bits per heavy atom. The number of hydrogen-bond acceptors (Lipinski definition) is 4. The molecule has 1 fully saturated rings. The Morgan fingerprint density at radius 2 is 2.00 bits per heavy atom. The number of rotatable bonds is 4. The smallest absolute Gasteiger partial charge is 0.224 e. The molecule has 1 aliphatic rings. The molecular formula is C21H24N4O. The second-order valence-electron chi connectivity index (χ2n) is 6.70. The Bertz CT molecular complexity index is 813. The van der Waals surface area contributed by atoms with Crippen molar-refractivity contribution < 1.29 is 4.79 Å². The van der Waals surface area contributed by atoms with Crippen molar-refractivity contribution in [2.24, 2.45) is 0 Å². The van der Waals surface area contributed by atoms with Crippen LogP contribution in [-0.4, -0.2) is 34.9 Å². The van der Waals surface area contributed by atoms with Gasteiger partial charge in [-0.15, -0.1) is 0 Å². The maximum Gasteiger partial charge on any atom is 0.224 e. The first-order valence-electron chi connectivity index (χ1n) is 9.08. The summed E-state index contributed by atoms with van der Waals surface area (Å²) in [6, 6.07) is 16.1. The van der Waals surface area contributed by atoms with Crippen LogP contribution in [0.15, 0.2) is 42.5 Å². The summed E-state index contributed by atoms with van der Waals surface area (Å²) < 4.78 is 0. The predicted octanol–water partition coefficient (Wildman–Crippen LogP) is 3.28. The number of amides is 1. The lowest BCUT2D eigenvalue weighted by atomic mass is 10.1. The molecule has 5 heteroatoms. The average molecular weight is 348 g/mol. The van der Waals surface area contributed by atoms with Gasteiger partial charge >= 0.3 is 0 Å². The molecule has 1 atom stereocenters. The third-order valence-corrected chi connectivity index (χ3v) is 4.89. The maximum absolute atomic E-state index is 12.8. The van der Waals surface area contributed by atoms with E-state index >= 15 is 0 Å². The normalized spacial score (nSPS) is 17.7. The van der Waals surface area contributed by atoms with Crippen molar-refractivity contribution in [3.63, 3.8) is 0 Å². The van der Waals surface area contributed by atoms with E-state index in [1.165, 1.54) is 0 Å². The van der Waals surface area contributed by atoms with Gasteiger partial charge in [-0.25, -0.2) is 4.98 Å². The number of nitriles is 1. The van der Waals surface area contributed by atoms with Gasteiger partial charge in [0.2, 0.25) is 5.91 Å². The first kappa shape index (κ1) is 17.9. The van der Waals surface area contributed by atoms with Crippen LogP contribution in [0, 0.1) is 18.3 Å². The van der Waals surface area contributed by atoms with Gasteiger partial charge in [-0.1, -0.05) is 37.3 Å². The number of carbonyl (C=O) groups is 1. The van der Waals surface area contributed by atoms with Gasteiger partial charge in [0.05, 0.1) is 5.56 Å². The van der Waals surface area contributed by atoms with E-state index < -0.39 is 0 Å². The van der Waals surface area contributed by atoms with Crippen LogP contribution in [0.1, 0.15) is 36.6 Å². The zero-order valence-corrected chi connectivity index (χ0v) is 15.4. The fraction of sp³-hybridized carbons (Fsp3) is 0.381. The summed E-state index contributed by atoms with van der Waals surface area (Å²) in [4.78, 5) is 21.5. The molecule has 3 rings (SSSR count). The van der Waals surface area contributed by atoms with Crippen LogP contribution >= 0.6 is 0 Å². The molecule has 0 spiro atoms. The van der Waals surface area contributed by atoms with Crippen LogP contribution in [0.5, 0.6) is 0 Å². The number of hydrogen-bond donors (Lipinski definition) is 0. The molecule has 1 aromatic carbocycles. The van der Waals surface area contributed by atoms with Crippen LogP contribution in [0.25, 0.3) is 0 Å². The highest BCUT2D eigenvalue weighted by Gasteiger charge is 2.30. The van der Waals surface area contributed by atoms with Gasteiger partial charge in [0.25, 0.3) is 0 Å². The Morgan fingerprint density at radius 3 is 2.69 bits per heavy atom. The van der Waals surface area contributed by atoms with Crippen LogP contribution in [0.2, 0.25) is 0 Å². The summed E-state index contributed by atoms with van der Waals surface area (Å²) in [5.41, 5.74) is 2.58. The maximum atomic E-state index is 12.8. The minimum atomic E-state index is 0.0964. The third-order valence-electron chi connectivity index (χ3n) is 4.89. The highest BCUT2D eigenvalue weighted by molar-refractivity contribution is 5.78. The van der Waals surface area contributed by atoms with Gasteiger partial charge in [-0.05, 0) is 31.0 Å². The molecule has 0 radical (unpaired) electrons. The van der Waals surface area contributed by atoms with Gasteiger partial charge in [0.1, 0.15) is 11.9 Å². The highest BCUT2D eigenvalue weighted by Crippen LogP contribution is 2.24. The molecule has 0 saturated carbocycles. The molecule has 1 saturated heterocycles. The van der Waals surface area contributed by atoms with Crippen molar-refractivity contribution in [1.82, 2.24) is 9.88 Å². The molecule has 2 heterocycles. The van der Waals surface area contributed by atoms with E-state index in [1.54, 1.807) is 0 Å². The topological polar surface area (TPSA) is 60.2 Å². The number of carbonyl (C=O) groups excluding carboxylic acids is 1. The van der Waals surface area contributed by atoms with Crippen molar-refractivity contribution in [2.45, 2.75) is 39.3 Å². The molecule has 2 aromatic rings. The Kier molecular flexibility index (Phi) is 5.52. The summed E-state index contributed by atoms with van der Waals surface area (Å²) in [5, 5.41) is 9.44. The van der Waals surface area contributed by atoms with E-state index in [0.29, 0.717) is 37.4 Å². The molecule has 1 amide bonds. The second kappa shape index (κ2) is 8.01. The van der Waals surface area contributed by atoms with E-state index in [9.17, 15) is 10.1 Å². The lowest BCUT2D eigenvalue weighted by Gasteiger charge is -2.32. The summed E-state index contributed by atoms with van der Waals surface area (Å²) in [7, 11) is 0. The molecular weight excluding hydrogens is 324 g/mol.